The van der Waals surface area contributed by atoms with E-state index in [9.17, 15) is 40.5 Å². The topological polar surface area (TPSA) is 190 Å². The van der Waals surface area contributed by atoms with Crippen molar-refractivity contribution in [1.82, 2.24) is 0 Å². The average molecular weight is 448 g/mol. The number of rotatable bonds is 4. The van der Waals surface area contributed by atoms with Gasteiger partial charge in [0.1, 0.15) is 52.6 Å². The summed E-state index contributed by atoms with van der Waals surface area (Å²) in [6.45, 7) is -0.655. The lowest BCUT2D eigenvalue weighted by Crippen LogP contribution is -2.60. The van der Waals surface area contributed by atoms with E-state index in [1.165, 1.54) is 30.3 Å². The molecular formula is C21H20O11. The molecule has 1 aliphatic rings. The number of aromatic hydroxyl groups is 3. The first kappa shape index (κ1) is 21.9. The third kappa shape index (κ3) is 3.72. The monoisotopic (exact) mass is 448 g/mol. The number of aliphatic hydroxyl groups excluding tert-OH is 4. The summed E-state index contributed by atoms with van der Waals surface area (Å²) in [5.41, 5.74) is -0.805. The van der Waals surface area contributed by atoms with Gasteiger partial charge in [0.2, 0.25) is 17.5 Å². The van der Waals surface area contributed by atoms with Gasteiger partial charge in [-0.2, -0.15) is 0 Å². The maximum Gasteiger partial charge on any atom is 0.238 e. The number of hydrogen-bond donors (Lipinski definition) is 7. The Morgan fingerprint density at radius 2 is 1.62 bits per heavy atom. The second-order valence-electron chi connectivity index (χ2n) is 7.29. The van der Waals surface area contributed by atoms with Crippen LogP contribution in [0, 0.1) is 0 Å². The molecule has 32 heavy (non-hydrogen) atoms. The summed E-state index contributed by atoms with van der Waals surface area (Å²) >= 11 is 0. The maximum atomic E-state index is 12.6. The standard InChI is InChI=1S/C21H20O11/c22-7-13-15(25)17(27)19(29)21(32-13)30-10-5-11(24)14-12(6-10)31-20(18(28)16(14)26)8-1-3-9(23)4-2-8/h1-6,13,15,17,19,21-25,27-29H,7H2/t13-,15+,17-,19+,21+/m0/s1. The fraction of sp³-hybridized carbons (Fsp3) is 0.286. The minimum atomic E-state index is -1.69. The molecule has 1 aromatic heterocycles. The normalized spacial score (nSPS) is 25.7. The van der Waals surface area contributed by atoms with Crippen molar-refractivity contribution in [2.24, 2.45) is 0 Å². The van der Waals surface area contributed by atoms with Crippen LogP contribution in [0.15, 0.2) is 45.6 Å². The molecule has 170 valence electrons. The SMILES string of the molecule is O=c1c(O)c(-c2ccc(O)cc2)oc2cc(O[C@@H]3O[C@@H](CO)[C@@H](O)[C@H](O)[C@H]3O)cc(O)c12. The summed E-state index contributed by atoms with van der Waals surface area (Å²) in [5.74, 6) is -1.73. The molecule has 3 aromatic rings. The van der Waals surface area contributed by atoms with Gasteiger partial charge in [0, 0.05) is 17.7 Å². The van der Waals surface area contributed by atoms with Gasteiger partial charge in [-0.1, -0.05) is 0 Å². The second-order valence-corrected chi connectivity index (χ2v) is 7.29. The summed E-state index contributed by atoms with van der Waals surface area (Å²) in [5, 5.41) is 68.9. The van der Waals surface area contributed by atoms with E-state index < -0.39 is 54.2 Å². The van der Waals surface area contributed by atoms with Crippen LogP contribution in [0.4, 0.5) is 0 Å². The average Bonchev–Trinajstić information content (AvgIpc) is 2.77. The number of fused-ring (bicyclic) bond motifs is 1. The molecule has 0 radical (unpaired) electrons. The Morgan fingerprint density at radius 1 is 0.938 bits per heavy atom. The summed E-state index contributed by atoms with van der Waals surface area (Å²) < 4.78 is 16.3. The predicted molar refractivity (Wildman–Crippen MR) is 107 cm³/mol. The number of phenolic OH excluding ortho intramolecular Hbond substituents is 2. The van der Waals surface area contributed by atoms with Gasteiger partial charge in [0.15, 0.2) is 5.76 Å². The zero-order chi connectivity index (χ0) is 23.2. The van der Waals surface area contributed by atoms with Gasteiger partial charge in [0.05, 0.1) is 6.61 Å². The highest BCUT2D eigenvalue weighted by Gasteiger charge is 2.44. The minimum absolute atomic E-state index is 0.0377. The lowest BCUT2D eigenvalue weighted by atomic mass is 9.99. The lowest BCUT2D eigenvalue weighted by Gasteiger charge is -2.39. The molecule has 5 atom stereocenters. The summed E-state index contributed by atoms with van der Waals surface area (Å²) in [7, 11) is 0. The molecule has 2 heterocycles. The van der Waals surface area contributed by atoms with Gasteiger partial charge in [-0.3, -0.25) is 4.79 Å². The van der Waals surface area contributed by atoms with Gasteiger partial charge in [-0.25, -0.2) is 0 Å². The Labute approximate surface area is 179 Å². The molecule has 0 saturated carbocycles. The Hall–Kier alpha value is -3.35. The largest absolute Gasteiger partial charge is 0.508 e. The quantitative estimate of drug-likeness (QED) is 0.279. The van der Waals surface area contributed by atoms with E-state index in [4.69, 9.17) is 13.9 Å². The number of hydrogen-bond acceptors (Lipinski definition) is 11. The molecule has 1 saturated heterocycles. The lowest BCUT2D eigenvalue weighted by molar-refractivity contribution is -0.277. The van der Waals surface area contributed by atoms with E-state index in [1.807, 2.05) is 0 Å². The molecule has 11 heteroatoms. The van der Waals surface area contributed by atoms with Crippen molar-refractivity contribution in [3.05, 3.63) is 46.6 Å². The molecule has 0 unspecified atom stereocenters. The first-order chi connectivity index (χ1) is 15.2. The molecule has 1 aliphatic heterocycles. The van der Waals surface area contributed by atoms with Gasteiger partial charge in [-0.15, -0.1) is 0 Å². The zero-order valence-corrected chi connectivity index (χ0v) is 16.3. The Kier molecular flexibility index (Phi) is 5.67. The Morgan fingerprint density at radius 3 is 2.28 bits per heavy atom. The predicted octanol–water partition coefficient (Wildman–Crippen LogP) is -0.245. The van der Waals surface area contributed by atoms with Crippen molar-refractivity contribution in [1.29, 1.82) is 0 Å². The van der Waals surface area contributed by atoms with Crippen LogP contribution in [-0.4, -0.2) is 73.1 Å². The third-order valence-corrected chi connectivity index (χ3v) is 5.15. The fourth-order valence-corrected chi connectivity index (χ4v) is 3.44. The van der Waals surface area contributed by atoms with E-state index in [1.54, 1.807) is 0 Å². The van der Waals surface area contributed by atoms with E-state index in [0.717, 1.165) is 6.07 Å². The van der Waals surface area contributed by atoms with Crippen LogP contribution in [0.1, 0.15) is 0 Å². The zero-order valence-electron chi connectivity index (χ0n) is 16.3. The van der Waals surface area contributed by atoms with Crippen molar-refractivity contribution in [3.8, 4) is 34.3 Å². The molecule has 1 fully saturated rings. The molecule has 7 N–H and O–H groups in total. The van der Waals surface area contributed by atoms with E-state index >= 15 is 0 Å². The molecule has 0 amide bonds. The fourth-order valence-electron chi connectivity index (χ4n) is 3.44. The number of benzene rings is 2. The summed E-state index contributed by atoms with van der Waals surface area (Å²) in [6.07, 6.45) is -7.67. The van der Waals surface area contributed by atoms with Crippen LogP contribution >= 0.6 is 0 Å². The summed E-state index contributed by atoms with van der Waals surface area (Å²) in [4.78, 5) is 12.6. The first-order valence-corrected chi connectivity index (χ1v) is 9.50. The van der Waals surface area contributed by atoms with Gasteiger partial charge in [-0.05, 0) is 24.3 Å². The Balaban J connectivity index is 1.75. The molecular weight excluding hydrogens is 428 g/mol. The van der Waals surface area contributed by atoms with Crippen LogP contribution < -0.4 is 10.2 Å². The van der Waals surface area contributed by atoms with Crippen LogP contribution in [0.5, 0.6) is 23.0 Å². The van der Waals surface area contributed by atoms with E-state index in [-0.39, 0.29) is 33.8 Å². The van der Waals surface area contributed by atoms with Crippen LogP contribution in [0.25, 0.3) is 22.3 Å². The minimum Gasteiger partial charge on any atom is -0.508 e. The smallest absolute Gasteiger partial charge is 0.238 e. The molecule has 0 aliphatic carbocycles. The first-order valence-electron chi connectivity index (χ1n) is 9.50. The van der Waals surface area contributed by atoms with Crippen molar-refractivity contribution >= 4 is 11.0 Å². The van der Waals surface area contributed by atoms with Gasteiger partial charge in [0.25, 0.3) is 0 Å². The molecule has 11 nitrogen and oxygen atoms in total. The van der Waals surface area contributed by atoms with Crippen LogP contribution in [0.3, 0.4) is 0 Å². The number of aliphatic hydroxyl groups is 4. The van der Waals surface area contributed by atoms with Gasteiger partial charge >= 0.3 is 0 Å². The molecule has 0 bridgehead atoms. The second kappa shape index (κ2) is 8.30. The van der Waals surface area contributed by atoms with Crippen molar-refractivity contribution in [2.45, 2.75) is 30.7 Å². The highest BCUT2D eigenvalue weighted by Crippen LogP contribution is 2.36. The Bertz CT molecular complexity index is 1190. The van der Waals surface area contributed by atoms with Crippen LogP contribution in [0.2, 0.25) is 0 Å². The van der Waals surface area contributed by atoms with E-state index in [0.29, 0.717) is 0 Å². The van der Waals surface area contributed by atoms with Crippen LogP contribution in [-0.2, 0) is 4.74 Å². The summed E-state index contributed by atoms with van der Waals surface area (Å²) in [6, 6.07) is 7.69. The molecule has 4 rings (SSSR count). The molecule has 0 spiro atoms. The highest BCUT2D eigenvalue weighted by molar-refractivity contribution is 5.88. The number of phenols is 2. The highest BCUT2D eigenvalue weighted by atomic mass is 16.7. The van der Waals surface area contributed by atoms with Gasteiger partial charge < -0.3 is 49.6 Å². The van der Waals surface area contributed by atoms with Crippen molar-refractivity contribution in [3.63, 3.8) is 0 Å². The van der Waals surface area contributed by atoms with E-state index in [2.05, 4.69) is 0 Å². The van der Waals surface area contributed by atoms with Crippen molar-refractivity contribution < 1.29 is 49.6 Å². The maximum absolute atomic E-state index is 12.6. The van der Waals surface area contributed by atoms with Crippen molar-refractivity contribution in [2.75, 3.05) is 6.61 Å². The number of ether oxygens (including phenoxy) is 2. The third-order valence-electron chi connectivity index (χ3n) is 5.15. The molecule has 2 aromatic carbocycles.